The van der Waals surface area contributed by atoms with Crippen LogP contribution in [-0.4, -0.2) is 60.0 Å². The van der Waals surface area contributed by atoms with Gasteiger partial charge in [-0.2, -0.15) is 0 Å². The number of likely N-dealkylation sites (N-methyl/N-ethyl adjacent to an activating group) is 2. The van der Waals surface area contributed by atoms with Gasteiger partial charge in [0.25, 0.3) is 5.91 Å². The number of hydrogen-bond donors (Lipinski definition) is 1. The number of nitrogens with zero attached hydrogens (tertiary/aromatic N) is 3. The topological polar surface area (TPSA) is 48.5 Å². The molecule has 1 aliphatic heterocycles. The van der Waals surface area contributed by atoms with Gasteiger partial charge in [0.2, 0.25) is 0 Å². The summed E-state index contributed by atoms with van der Waals surface area (Å²) in [4.78, 5) is 21.0. The highest BCUT2D eigenvalue weighted by Gasteiger charge is 2.24. The first-order valence-electron chi connectivity index (χ1n) is 7.66. The normalized spacial score (nSPS) is 19.0. The van der Waals surface area contributed by atoms with Crippen LogP contribution in [0.15, 0.2) is 18.2 Å². The Balaban J connectivity index is 2.01. The van der Waals surface area contributed by atoms with Crippen molar-refractivity contribution in [2.45, 2.75) is 38.8 Å². The van der Waals surface area contributed by atoms with E-state index < -0.39 is 0 Å². The Bertz CT molecular complexity index is 489. The fraction of sp³-hybridized carbons (Fsp3) is 0.625. The summed E-state index contributed by atoms with van der Waals surface area (Å²) in [5.74, 6) is 0.741. The number of carbonyl (C=O) groups is 1. The highest BCUT2D eigenvalue weighted by molar-refractivity contribution is 5.92. The predicted octanol–water partition coefficient (Wildman–Crippen LogP) is 2.07. The van der Waals surface area contributed by atoms with E-state index in [1.807, 2.05) is 19.2 Å². The van der Waals surface area contributed by atoms with Gasteiger partial charge in [0.05, 0.1) is 0 Å². The Hall–Kier alpha value is -1.62. The number of amides is 1. The maximum atomic E-state index is 12.5. The molecule has 0 radical (unpaired) electrons. The fourth-order valence-electron chi connectivity index (χ4n) is 2.73. The summed E-state index contributed by atoms with van der Waals surface area (Å²) in [6, 6.07) is 6.31. The molecule has 116 valence electrons. The molecule has 1 aromatic heterocycles. The fourth-order valence-corrected chi connectivity index (χ4v) is 2.73. The van der Waals surface area contributed by atoms with Gasteiger partial charge in [-0.05, 0) is 52.4 Å². The summed E-state index contributed by atoms with van der Waals surface area (Å²) < 4.78 is 0. The van der Waals surface area contributed by atoms with Crippen molar-refractivity contribution < 1.29 is 4.79 Å². The number of carbonyl (C=O) groups excluding carboxylic acids is 1. The molecule has 1 aliphatic rings. The van der Waals surface area contributed by atoms with Gasteiger partial charge in [-0.15, -0.1) is 0 Å². The smallest absolute Gasteiger partial charge is 0.272 e. The molecule has 1 aromatic rings. The zero-order valence-electron chi connectivity index (χ0n) is 13.5. The third-order valence-electron chi connectivity index (χ3n) is 3.91. The van der Waals surface area contributed by atoms with Crippen molar-refractivity contribution in [2.24, 2.45) is 0 Å². The van der Waals surface area contributed by atoms with Gasteiger partial charge in [-0.3, -0.25) is 4.79 Å². The Kier molecular flexibility index (Phi) is 5.17. The van der Waals surface area contributed by atoms with Crippen molar-refractivity contribution in [3.8, 4) is 0 Å². The molecule has 21 heavy (non-hydrogen) atoms. The van der Waals surface area contributed by atoms with Crippen LogP contribution in [-0.2, 0) is 0 Å². The van der Waals surface area contributed by atoms with Crippen LogP contribution >= 0.6 is 0 Å². The van der Waals surface area contributed by atoms with Crippen LogP contribution in [0.3, 0.4) is 0 Å². The molecule has 1 unspecified atom stereocenters. The first-order chi connectivity index (χ1) is 9.97. The summed E-state index contributed by atoms with van der Waals surface area (Å²) in [7, 11) is 3.99. The van der Waals surface area contributed by atoms with Crippen molar-refractivity contribution in [3.63, 3.8) is 0 Å². The Morgan fingerprint density at radius 3 is 2.90 bits per heavy atom. The number of hydrogen-bond acceptors (Lipinski definition) is 4. The summed E-state index contributed by atoms with van der Waals surface area (Å²) in [5, 5.41) is 3.23. The molecular weight excluding hydrogens is 264 g/mol. The highest BCUT2D eigenvalue weighted by atomic mass is 16.2. The second-order valence-corrected chi connectivity index (χ2v) is 6.17. The second kappa shape index (κ2) is 6.89. The van der Waals surface area contributed by atoms with Gasteiger partial charge >= 0.3 is 0 Å². The van der Waals surface area contributed by atoms with E-state index >= 15 is 0 Å². The van der Waals surface area contributed by atoms with E-state index in [9.17, 15) is 4.79 Å². The summed E-state index contributed by atoms with van der Waals surface area (Å²) >= 11 is 0. The molecular formula is C16H26N4O. The number of pyridine rings is 1. The van der Waals surface area contributed by atoms with Crippen molar-refractivity contribution in [1.29, 1.82) is 0 Å². The lowest BCUT2D eigenvalue weighted by molar-refractivity contribution is 0.0756. The summed E-state index contributed by atoms with van der Waals surface area (Å²) in [5.41, 5.74) is 0.504. The molecule has 0 aliphatic carbocycles. The Morgan fingerprint density at radius 2 is 2.29 bits per heavy atom. The minimum absolute atomic E-state index is 0.0114. The molecule has 2 heterocycles. The van der Waals surface area contributed by atoms with Crippen LogP contribution in [0.2, 0.25) is 0 Å². The standard InChI is InChI=1S/C16H26N4O/c1-12(2)17-15-9-5-8-14(18-15)16(21)20(4)11-13-7-6-10-19(13)3/h5,8-9,12-13H,6-7,10-11H2,1-4H3,(H,17,18). The van der Waals surface area contributed by atoms with E-state index in [0.717, 1.165) is 25.3 Å². The van der Waals surface area contributed by atoms with Crippen molar-refractivity contribution in [2.75, 3.05) is 32.5 Å². The third kappa shape index (κ3) is 4.17. The van der Waals surface area contributed by atoms with E-state index in [4.69, 9.17) is 0 Å². The van der Waals surface area contributed by atoms with Crippen LogP contribution in [0.5, 0.6) is 0 Å². The lowest BCUT2D eigenvalue weighted by Gasteiger charge is -2.25. The van der Waals surface area contributed by atoms with E-state index in [1.54, 1.807) is 11.0 Å². The van der Waals surface area contributed by atoms with E-state index in [-0.39, 0.29) is 5.91 Å². The predicted molar refractivity (Wildman–Crippen MR) is 85.6 cm³/mol. The van der Waals surface area contributed by atoms with Gasteiger partial charge < -0.3 is 15.1 Å². The maximum absolute atomic E-state index is 12.5. The minimum Gasteiger partial charge on any atom is -0.368 e. The van der Waals surface area contributed by atoms with Gasteiger partial charge in [0, 0.05) is 25.7 Å². The molecule has 1 atom stereocenters. The molecule has 1 fully saturated rings. The average molecular weight is 290 g/mol. The number of nitrogens with one attached hydrogen (secondary N) is 1. The van der Waals surface area contributed by atoms with Crippen molar-refractivity contribution in [1.82, 2.24) is 14.8 Å². The Labute approximate surface area is 127 Å². The second-order valence-electron chi connectivity index (χ2n) is 6.17. The molecule has 5 nitrogen and oxygen atoms in total. The van der Waals surface area contributed by atoms with Crippen LogP contribution in [0.1, 0.15) is 37.2 Å². The first kappa shape index (κ1) is 15.8. The van der Waals surface area contributed by atoms with Crippen molar-refractivity contribution in [3.05, 3.63) is 23.9 Å². The van der Waals surface area contributed by atoms with E-state index in [1.165, 1.54) is 6.42 Å². The lowest BCUT2D eigenvalue weighted by Crippen LogP contribution is -2.39. The summed E-state index contributed by atoms with van der Waals surface area (Å²) in [6.07, 6.45) is 2.38. The molecule has 0 bridgehead atoms. The summed E-state index contributed by atoms with van der Waals surface area (Å²) in [6.45, 7) is 5.99. The average Bonchev–Trinajstić information content (AvgIpc) is 2.83. The number of aromatic nitrogens is 1. The van der Waals surface area contributed by atoms with Crippen LogP contribution < -0.4 is 5.32 Å². The largest absolute Gasteiger partial charge is 0.368 e. The molecule has 0 aromatic carbocycles. The number of anilines is 1. The zero-order valence-corrected chi connectivity index (χ0v) is 13.5. The highest BCUT2D eigenvalue weighted by Crippen LogP contribution is 2.16. The van der Waals surface area contributed by atoms with Gasteiger partial charge in [0.1, 0.15) is 11.5 Å². The molecule has 1 amide bonds. The number of likely N-dealkylation sites (tertiary alicyclic amines) is 1. The van der Waals surface area contributed by atoms with Crippen LogP contribution in [0.4, 0.5) is 5.82 Å². The van der Waals surface area contributed by atoms with E-state index in [2.05, 4.69) is 36.1 Å². The zero-order chi connectivity index (χ0) is 15.4. The van der Waals surface area contributed by atoms with Crippen molar-refractivity contribution >= 4 is 11.7 Å². The first-order valence-corrected chi connectivity index (χ1v) is 7.66. The molecule has 1 N–H and O–H groups in total. The van der Waals surface area contributed by atoms with Crippen LogP contribution in [0, 0.1) is 0 Å². The molecule has 1 saturated heterocycles. The SMILES string of the molecule is CC(C)Nc1cccc(C(=O)N(C)CC2CCCN2C)n1. The number of rotatable bonds is 5. The monoisotopic (exact) mass is 290 g/mol. The lowest BCUT2D eigenvalue weighted by atomic mass is 10.2. The van der Waals surface area contributed by atoms with Gasteiger partial charge in [-0.25, -0.2) is 4.98 Å². The molecule has 2 rings (SSSR count). The van der Waals surface area contributed by atoms with E-state index in [0.29, 0.717) is 17.8 Å². The third-order valence-corrected chi connectivity index (χ3v) is 3.91. The van der Waals surface area contributed by atoms with Gasteiger partial charge in [-0.1, -0.05) is 6.07 Å². The molecule has 0 spiro atoms. The van der Waals surface area contributed by atoms with Gasteiger partial charge in [0.15, 0.2) is 0 Å². The minimum atomic E-state index is -0.0114. The quantitative estimate of drug-likeness (QED) is 0.902. The molecule has 5 heteroatoms. The Morgan fingerprint density at radius 1 is 1.52 bits per heavy atom. The molecule has 0 saturated carbocycles. The maximum Gasteiger partial charge on any atom is 0.272 e. The van der Waals surface area contributed by atoms with Crippen LogP contribution in [0.25, 0.3) is 0 Å².